The second-order valence-corrected chi connectivity index (χ2v) is 11.1. The maximum atomic E-state index is 11.7. The molecule has 0 saturated carbocycles. The van der Waals surface area contributed by atoms with Crippen LogP contribution in [-0.2, 0) is 32.3 Å². The smallest absolute Gasteiger partial charge is 0.407 e. The molecule has 5 N–H and O–H groups in total. The fraction of sp³-hybridized carbons (Fsp3) is 0.167. The first-order valence-electron chi connectivity index (χ1n) is 17.2. The molecule has 13 nitrogen and oxygen atoms in total. The Labute approximate surface area is 319 Å². The second kappa shape index (κ2) is 26.0. The Bertz CT molecular complexity index is 1800. The van der Waals surface area contributed by atoms with Crippen LogP contribution in [0.1, 0.15) is 42.2 Å². The zero-order valence-electron chi connectivity index (χ0n) is 30.1. The molecule has 0 unspecified atom stereocenters. The lowest BCUT2D eigenvalue weighted by Crippen LogP contribution is -2.33. The van der Waals surface area contributed by atoms with Crippen LogP contribution < -0.4 is 21.8 Å². The van der Waals surface area contributed by atoms with E-state index in [0.717, 1.165) is 11.1 Å². The highest BCUT2D eigenvalue weighted by molar-refractivity contribution is 5.99. The largest absolute Gasteiger partial charge is 0.454 e. The second-order valence-electron chi connectivity index (χ2n) is 11.1. The van der Waals surface area contributed by atoms with Crippen LogP contribution in [0.4, 0.5) is 9.59 Å². The quantitative estimate of drug-likeness (QED) is 0.0330. The Kier molecular flexibility index (Phi) is 20.1. The van der Waals surface area contributed by atoms with E-state index in [1.165, 1.54) is 0 Å². The van der Waals surface area contributed by atoms with Crippen molar-refractivity contribution in [1.29, 1.82) is 0 Å². The molecule has 5 aromatic carbocycles. The van der Waals surface area contributed by atoms with Crippen LogP contribution in [0.5, 0.6) is 0 Å². The van der Waals surface area contributed by atoms with Gasteiger partial charge in [-0.25, -0.2) is 19.2 Å². The lowest BCUT2D eigenvalue weighted by molar-refractivity contribution is 0.0256. The van der Waals surface area contributed by atoms with Gasteiger partial charge in [-0.15, -0.1) is 0 Å². The molecule has 0 saturated heterocycles. The van der Waals surface area contributed by atoms with E-state index >= 15 is 0 Å². The van der Waals surface area contributed by atoms with Crippen molar-refractivity contribution in [2.24, 2.45) is 5.73 Å². The number of hydroxylamine groups is 1. The SMILES string of the molecule is NCCNC(=O)OCc1ccccc1.O=C(COC(=O)c1ccccc1)c1ccccc1.O=C(NCCNOC(=O)c1ccccc1)OCc1ccccc1. The van der Waals surface area contributed by atoms with Gasteiger partial charge in [-0.3, -0.25) is 4.79 Å². The van der Waals surface area contributed by atoms with Gasteiger partial charge in [0, 0.05) is 31.7 Å². The third kappa shape index (κ3) is 18.5. The standard InChI is InChI=1S/C17H18N2O4.C15H12O3.C10H14N2O2/c20-16(15-9-5-2-6-10-15)23-19-12-11-18-17(21)22-13-14-7-3-1-4-8-14;16-14(12-7-3-1-4-8-12)11-18-15(17)13-9-5-2-6-10-13;11-6-7-12-10(13)14-8-9-4-2-1-3-5-9/h1-10,19H,11-13H2,(H,18,21);1-10H,11H2;1-5H,6-8,11H2,(H,12,13). The molecule has 0 aliphatic rings. The molecule has 0 atom stereocenters. The normalized spacial score (nSPS) is 9.76. The minimum Gasteiger partial charge on any atom is -0.454 e. The Morgan fingerprint density at radius 1 is 0.455 bits per heavy atom. The first-order valence-corrected chi connectivity index (χ1v) is 17.2. The number of ketones is 1. The molecule has 55 heavy (non-hydrogen) atoms. The monoisotopic (exact) mass is 748 g/mol. The highest BCUT2D eigenvalue weighted by atomic mass is 16.7. The van der Waals surface area contributed by atoms with Crippen molar-refractivity contribution in [1.82, 2.24) is 16.1 Å². The number of benzene rings is 5. The summed E-state index contributed by atoms with van der Waals surface area (Å²) in [5, 5.41) is 5.07. The van der Waals surface area contributed by atoms with Gasteiger partial charge in [0.2, 0.25) is 0 Å². The molecule has 0 heterocycles. The Hall–Kier alpha value is -6.83. The number of rotatable bonds is 15. The maximum absolute atomic E-state index is 11.7. The van der Waals surface area contributed by atoms with Gasteiger partial charge in [-0.2, -0.15) is 5.48 Å². The molecular weight excluding hydrogens is 704 g/mol. The van der Waals surface area contributed by atoms with Crippen LogP contribution in [0.2, 0.25) is 0 Å². The summed E-state index contributed by atoms with van der Waals surface area (Å²) in [5.74, 6) is -1.17. The number of nitrogens with one attached hydrogen (secondary N) is 3. The number of carbonyl (C=O) groups is 5. The Balaban J connectivity index is 0.000000229. The van der Waals surface area contributed by atoms with E-state index in [0.29, 0.717) is 29.8 Å². The van der Waals surface area contributed by atoms with E-state index < -0.39 is 24.1 Å². The van der Waals surface area contributed by atoms with Gasteiger partial charge in [0.25, 0.3) is 0 Å². The van der Waals surface area contributed by atoms with Crippen molar-refractivity contribution in [3.63, 3.8) is 0 Å². The summed E-state index contributed by atoms with van der Waals surface area (Å²) >= 11 is 0. The molecular formula is C42H44N4O9. The van der Waals surface area contributed by atoms with E-state index in [9.17, 15) is 24.0 Å². The number of carbonyl (C=O) groups excluding carboxylic acids is 5. The van der Waals surface area contributed by atoms with E-state index in [2.05, 4.69) is 16.1 Å². The van der Waals surface area contributed by atoms with Crippen molar-refractivity contribution in [3.05, 3.63) is 179 Å². The number of hydrogen-bond donors (Lipinski definition) is 4. The molecule has 0 aliphatic heterocycles. The fourth-order valence-electron chi connectivity index (χ4n) is 4.18. The number of ether oxygens (including phenoxy) is 3. The Morgan fingerprint density at radius 3 is 1.31 bits per heavy atom. The number of amides is 2. The first-order chi connectivity index (χ1) is 26.9. The summed E-state index contributed by atoms with van der Waals surface area (Å²) in [6.07, 6.45) is -0.954. The number of Topliss-reactive ketones (excluding diaryl/α,β-unsaturated/α-hetero) is 1. The molecule has 0 aromatic heterocycles. The van der Waals surface area contributed by atoms with E-state index in [1.54, 1.807) is 72.8 Å². The average Bonchev–Trinajstić information content (AvgIpc) is 3.25. The first kappa shape index (κ1) is 42.6. The topological polar surface area (TPSA) is 184 Å². The van der Waals surface area contributed by atoms with Crippen molar-refractivity contribution in [2.45, 2.75) is 13.2 Å². The van der Waals surface area contributed by atoms with Crippen LogP contribution in [0.15, 0.2) is 152 Å². The summed E-state index contributed by atoms with van der Waals surface area (Å²) in [6.45, 7) is 1.67. The molecule has 0 radical (unpaired) electrons. The summed E-state index contributed by atoms with van der Waals surface area (Å²) in [7, 11) is 0. The molecule has 5 rings (SSSR count). The summed E-state index contributed by atoms with van der Waals surface area (Å²) in [5.41, 5.74) is 11.0. The number of nitrogens with two attached hydrogens (primary N) is 1. The fourth-order valence-corrected chi connectivity index (χ4v) is 4.18. The predicted octanol–water partition coefficient (Wildman–Crippen LogP) is 5.87. The summed E-state index contributed by atoms with van der Waals surface area (Å²) < 4.78 is 14.9. The zero-order valence-corrected chi connectivity index (χ0v) is 30.1. The molecule has 286 valence electrons. The van der Waals surface area contributed by atoms with Crippen molar-refractivity contribution in [3.8, 4) is 0 Å². The summed E-state index contributed by atoms with van der Waals surface area (Å²) in [6, 6.07) is 44.9. The lowest BCUT2D eigenvalue weighted by atomic mass is 10.1. The van der Waals surface area contributed by atoms with E-state index in [4.69, 9.17) is 24.8 Å². The van der Waals surface area contributed by atoms with E-state index in [1.807, 2.05) is 78.9 Å². The lowest BCUT2D eigenvalue weighted by Gasteiger charge is -2.08. The minimum atomic E-state index is -0.523. The molecule has 0 spiro atoms. The third-order valence-electron chi connectivity index (χ3n) is 6.95. The van der Waals surface area contributed by atoms with Gasteiger partial charge in [-0.05, 0) is 35.4 Å². The predicted molar refractivity (Wildman–Crippen MR) is 206 cm³/mol. The van der Waals surface area contributed by atoms with Gasteiger partial charge in [0.05, 0.1) is 11.1 Å². The van der Waals surface area contributed by atoms with Crippen LogP contribution in [0, 0.1) is 0 Å². The minimum absolute atomic E-state index is 0.208. The highest BCUT2D eigenvalue weighted by Gasteiger charge is 2.11. The van der Waals surface area contributed by atoms with Gasteiger partial charge < -0.3 is 35.4 Å². The highest BCUT2D eigenvalue weighted by Crippen LogP contribution is 2.05. The van der Waals surface area contributed by atoms with Crippen LogP contribution in [-0.4, -0.2) is 62.7 Å². The molecule has 13 heteroatoms. The van der Waals surface area contributed by atoms with Crippen LogP contribution in [0.3, 0.4) is 0 Å². The Morgan fingerprint density at radius 2 is 0.855 bits per heavy atom. The number of esters is 1. The van der Waals surface area contributed by atoms with Gasteiger partial charge in [0.15, 0.2) is 12.4 Å². The van der Waals surface area contributed by atoms with Crippen molar-refractivity contribution < 1.29 is 43.0 Å². The molecule has 2 amide bonds. The summed E-state index contributed by atoms with van der Waals surface area (Å²) in [4.78, 5) is 62.2. The number of alkyl carbamates (subject to hydrolysis) is 2. The van der Waals surface area contributed by atoms with Gasteiger partial charge >= 0.3 is 24.1 Å². The molecule has 5 aromatic rings. The zero-order chi connectivity index (χ0) is 39.4. The van der Waals surface area contributed by atoms with Gasteiger partial charge in [0.1, 0.15) is 13.2 Å². The molecule has 0 fully saturated rings. The van der Waals surface area contributed by atoms with Crippen LogP contribution >= 0.6 is 0 Å². The maximum Gasteiger partial charge on any atom is 0.407 e. The van der Waals surface area contributed by atoms with Crippen LogP contribution in [0.25, 0.3) is 0 Å². The average molecular weight is 749 g/mol. The molecule has 0 bridgehead atoms. The number of hydrogen-bond acceptors (Lipinski definition) is 11. The van der Waals surface area contributed by atoms with Crippen molar-refractivity contribution >= 4 is 29.9 Å². The van der Waals surface area contributed by atoms with Gasteiger partial charge in [-0.1, -0.05) is 127 Å². The van der Waals surface area contributed by atoms with E-state index in [-0.39, 0.29) is 38.7 Å². The molecule has 0 aliphatic carbocycles. The third-order valence-corrected chi connectivity index (χ3v) is 6.95. The van der Waals surface area contributed by atoms with Crippen molar-refractivity contribution in [2.75, 3.05) is 32.8 Å².